The molecule has 0 saturated heterocycles. The predicted octanol–water partition coefficient (Wildman–Crippen LogP) is 5.43. The van der Waals surface area contributed by atoms with Crippen LogP contribution in [0.25, 0.3) is 10.2 Å². The third kappa shape index (κ3) is 3.20. The van der Waals surface area contributed by atoms with Crippen molar-refractivity contribution in [2.45, 2.75) is 19.9 Å². The summed E-state index contributed by atoms with van der Waals surface area (Å²) in [5, 5.41) is 11.1. The molecule has 8 heteroatoms. The van der Waals surface area contributed by atoms with Gasteiger partial charge in [0, 0.05) is 0 Å². The van der Waals surface area contributed by atoms with Gasteiger partial charge in [-0.1, -0.05) is 29.5 Å². The number of amides is 1. The summed E-state index contributed by atoms with van der Waals surface area (Å²) >= 11 is 1.28. The Morgan fingerprint density at radius 3 is 2.56 bits per heavy atom. The van der Waals surface area contributed by atoms with E-state index in [-0.39, 0.29) is 11.3 Å². The molecule has 1 aliphatic heterocycles. The summed E-state index contributed by atoms with van der Waals surface area (Å²) in [6, 6.07) is 13.3. The van der Waals surface area contributed by atoms with E-state index in [1.165, 1.54) is 46.6 Å². The third-order valence-electron chi connectivity index (χ3n) is 5.34. The molecule has 1 aliphatic rings. The summed E-state index contributed by atoms with van der Waals surface area (Å²) in [6.07, 6.45) is 0. The van der Waals surface area contributed by atoms with Crippen LogP contribution in [0.1, 0.15) is 33.5 Å². The zero-order valence-corrected chi connectivity index (χ0v) is 17.9. The summed E-state index contributed by atoms with van der Waals surface area (Å²) in [5.41, 5.74) is 2.07. The van der Waals surface area contributed by atoms with Crippen LogP contribution in [-0.4, -0.2) is 21.8 Å². The SMILES string of the molecule is Cc1ccc2nc(N3C(=O)C(O)=C(C(=O)c4ccc(C)o4)C3c3ccc(F)cc3)sc2c1. The Morgan fingerprint density at radius 1 is 1.12 bits per heavy atom. The maximum atomic E-state index is 13.6. The smallest absolute Gasteiger partial charge is 0.296 e. The van der Waals surface area contributed by atoms with Crippen LogP contribution in [0.4, 0.5) is 9.52 Å². The fourth-order valence-electron chi connectivity index (χ4n) is 3.81. The molecule has 4 aromatic rings. The molecular formula is C24H17FN2O4S. The number of anilines is 1. The first kappa shape index (κ1) is 20.1. The van der Waals surface area contributed by atoms with Gasteiger partial charge in [-0.3, -0.25) is 14.5 Å². The number of carbonyl (C=O) groups is 2. The summed E-state index contributed by atoms with van der Waals surface area (Å²) in [4.78, 5) is 32.3. The number of nitrogens with zero attached hydrogens (tertiary/aromatic N) is 2. The zero-order chi connectivity index (χ0) is 22.6. The minimum Gasteiger partial charge on any atom is -0.503 e. The molecule has 0 aliphatic carbocycles. The average molecular weight is 448 g/mol. The maximum Gasteiger partial charge on any atom is 0.296 e. The summed E-state index contributed by atoms with van der Waals surface area (Å²) < 4.78 is 19.9. The molecule has 32 heavy (non-hydrogen) atoms. The molecule has 0 saturated carbocycles. The number of benzene rings is 2. The first-order valence-corrected chi connectivity index (χ1v) is 10.7. The number of furan rings is 1. The van der Waals surface area contributed by atoms with Gasteiger partial charge in [0.2, 0.25) is 5.78 Å². The molecule has 160 valence electrons. The molecule has 2 aromatic carbocycles. The van der Waals surface area contributed by atoms with E-state index in [9.17, 15) is 19.1 Å². The molecule has 0 radical (unpaired) electrons. The van der Waals surface area contributed by atoms with Crippen molar-refractivity contribution in [3.8, 4) is 0 Å². The van der Waals surface area contributed by atoms with Gasteiger partial charge in [0.05, 0.1) is 21.8 Å². The van der Waals surface area contributed by atoms with Crippen LogP contribution in [0.5, 0.6) is 0 Å². The Morgan fingerprint density at radius 2 is 1.88 bits per heavy atom. The molecular weight excluding hydrogens is 431 g/mol. The van der Waals surface area contributed by atoms with E-state index < -0.39 is 29.3 Å². The molecule has 1 N–H and O–H groups in total. The molecule has 0 spiro atoms. The van der Waals surface area contributed by atoms with E-state index in [2.05, 4.69) is 4.98 Å². The van der Waals surface area contributed by atoms with Gasteiger partial charge >= 0.3 is 0 Å². The van der Waals surface area contributed by atoms with Crippen LogP contribution < -0.4 is 4.90 Å². The number of ketones is 1. The van der Waals surface area contributed by atoms with E-state index in [1.54, 1.807) is 13.0 Å². The molecule has 6 nitrogen and oxygen atoms in total. The quantitative estimate of drug-likeness (QED) is 0.421. The molecule has 0 bridgehead atoms. The van der Waals surface area contributed by atoms with Gasteiger partial charge in [-0.2, -0.15) is 0 Å². The molecule has 1 unspecified atom stereocenters. The zero-order valence-electron chi connectivity index (χ0n) is 17.1. The van der Waals surface area contributed by atoms with Gasteiger partial charge in [-0.15, -0.1) is 0 Å². The third-order valence-corrected chi connectivity index (χ3v) is 6.36. The number of aromatic nitrogens is 1. The Labute approximate surface area is 186 Å². The van der Waals surface area contributed by atoms with Crippen molar-refractivity contribution in [2.24, 2.45) is 0 Å². The Balaban J connectivity index is 1.68. The second-order valence-corrected chi connectivity index (χ2v) is 8.61. The number of thiazole rings is 1. The van der Waals surface area contributed by atoms with E-state index in [0.717, 1.165) is 10.3 Å². The first-order chi connectivity index (χ1) is 15.3. The van der Waals surface area contributed by atoms with E-state index in [1.807, 2.05) is 25.1 Å². The van der Waals surface area contributed by atoms with Crippen LogP contribution in [-0.2, 0) is 4.79 Å². The number of Topliss-reactive ketones (excluding diaryl/α,β-unsaturated/α-hetero) is 1. The number of aliphatic hydroxyl groups excluding tert-OH is 1. The normalized spacial score (nSPS) is 16.4. The van der Waals surface area contributed by atoms with Gasteiger partial charge in [0.1, 0.15) is 11.6 Å². The van der Waals surface area contributed by atoms with E-state index >= 15 is 0 Å². The number of aryl methyl sites for hydroxylation is 2. The minimum absolute atomic E-state index is 0.00531. The Bertz CT molecular complexity index is 1420. The van der Waals surface area contributed by atoms with E-state index in [4.69, 9.17) is 4.42 Å². The predicted molar refractivity (Wildman–Crippen MR) is 118 cm³/mol. The van der Waals surface area contributed by atoms with Crippen molar-refractivity contribution >= 4 is 38.4 Å². The highest BCUT2D eigenvalue weighted by atomic mass is 32.1. The Hall–Kier alpha value is -3.78. The van der Waals surface area contributed by atoms with Crippen molar-refractivity contribution in [3.63, 3.8) is 0 Å². The minimum atomic E-state index is -0.984. The second kappa shape index (κ2) is 7.42. The second-order valence-electron chi connectivity index (χ2n) is 7.60. The van der Waals surface area contributed by atoms with Crippen LogP contribution in [0, 0.1) is 19.7 Å². The topological polar surface area (TPSA) is 83.6 Å². The van der Waals surface area contributed by atoms with Crippen molar-refractivity contribution in [1.29, 1.82) is 0 Å². The lowest BCUT2D eigenvalue weighted by Crippen LogP contribution is -2.30. The van der Waals surface area contributed by atoms with Crippen LogP contribution in [0.3, 0.4) is 0 Å². The van der Waals surface area contributed by atoms with Gasteiger partial charge in [-0.25, -0.2) is 9.37 Å². The van der Waals surface area contributed by atoms with Crippen LogP contribution in [0.2, 0.25) is 0 Å². The molecule has 3 heterocycles. The van der Waals surface area contributed by atoms with Gasteiger partial charge in [0.15, 0.2) is 16.7 Å². The molecule has 0 fully saturated rings. The van der Waals surface area contributed by atoms with Crippen molar-refractivity contribution in [1.82, 2.24) is 4.98 Å². The highest BCUT2D eigenvalue weighted by molar-refractivity contribution is 7.22. The van der Waals surface area contributed by atoms with E-state index in [0.29, 0.717) is 22.0 Å². The standard InChI is InChI=1S/C24H17FN2O4S/c1-12-3-9-16-18(11-12)32-24(26-16)27-20(14-5-7-15(25)8-6-14)19(22(29)23(27)30)21(28)17-10-4-13(2)31-17/h3-11,20,29H,1-2H3. The highest BCUT2D eigenvalue weighted by Gasteiger charge is 2.46. The lowest BCUT2D eigenvalue weighted by atomic mass is 9.95. The number of halogens is 1. The van der Waals surface area contributed by atoms with Crippen LogP contribution >= 0.6 is 11.3 Å². The van der Waals surface area contributed by atoms with Crippen molar-refractivity contribution in [3.05, 3.63) is 94.4 Å². The fraction of sp³-hybridized carbons (Fsp3) is 0.125. The fourth-order valence-corrected chi connectivity index (χ4v) is 4.90. The molecule has 1 atom stereocenters. The lowest BCUT2D eigenvalue weighted by molar-refractivity contribution is -0.117. The van der Waals surface area contributed by atoms with Gasteiger partial charge in [0.25, 0.3) is 5.91 Å². The number of hydrogen-bond donors (Lipinski definition) is 1. The molecule has 1 amide bonds. The van der Waals surface area contributed by atoms with Crippen molar-refractivity contribution < 1.29 is 23.5 Å². The average Bonchev–Trinajstić information content (AvgIpc) is 3.44. The van der Waals surface area contributed by atoms with Crippen LogP contribution in [0.15, 0.2) is 70.3 Å². The molecule has 2 aromatic heterocycles. The molecule has 5 rings (SSSR count). The Kier molecular flexibility index (Phi) is 4.67. The summed E-state index contributed by atoms with van der Waals surface area (Å²) in [7, 11) is 0. The number of fused-ring (bicyclic) bond motifs is 1. The number of hydrogen-bond acceptors (Lipinski definition) is 6. The van der Waals surface area contributed by atoms with Crippen molar-refractivity contribution in [2.75, 3.05) is 4.90 Å². The summed E-state index contributed by atoms with van der Waals surface area (Å²) in [5.74, 6) is -1.96. The van der Waals surface area contributed by atoms with Gasteiger partial charge in [-0.05, 0) is 61.4 Å². The number of carbonyl (C=O) groups excluding carboxylic acids is 2. The highest BCUT2D eigenvalue weighted by Crippen LogP contribution is 2.44. The monoisotopic (exact) mass is 448 g/mol. The maximum absolute atomic E-state index is 13.6. The number of aliphatic hydroxyl groups is 1. The largest absolute Gasteiger partial charge is 0.503 e. The summed E-state index contributed by atoms with van der Waals surface area (Å²) in [6.45, 7) is 3.65. The van der Waals surface area contributed by atoms with Gasteiger partial charge < -0.3 is 9.52 Å². The number of rotatable bonds is 4. The lowest BCUT2D eigenvalue weighted by Gasteiger charge is -2.24. The first-order valence-electron chi connectivity index (χ1n) is 9.84.